The number of ether oxygens (including phenoxy) is 3. The molecule has 0 saturated carbocycles. The second-order valence-electron chi connectivity index (χ2n) is 11.2. The standard InChI is InChI=1S/C37H36N4O8/c38-35(41-37(46)48-22-25-13-5-2-6-14-25)39-32(34(44)47-21-24-11-3-1-4-12-24)20-19-31(33(42)43)40-36(45)49-23-30-28-17-9-7-15-26(28)27-16-8-10-18-29(27)30/h1-18,30-32H,19-23H2,(H,40,45)(H,42,43)(H3,38,39,41,46)/t31-,32?/m1/s1. The lowest BCUT2D eigenvalue weighted by atomic mass is 9.98. The lowest BCUT2D eigenvalue weighted by Gasteiger charge is -2.19. The Hall–Kier alpha value is -6.17. The molecule has 2 atom stereocenters. The number of esters is 1. The normalized spacial score (nSPS) is 13.3. The first kappa shape index (κ1) is 34.2. The van der Waals surface area contributed by atoms with Crippen LogP contribution in [0, 0.1) is 0 Å². The zero-order valence-corrected chi connectivity index (χ0v) is 26.5. The Morgan fingerprint density at radius 3 is 1.80 bits per heavy atom. The summed E-state index contributed by atoms with van der Waals surface area (Å²) in [4.78, 5) is 54.5. The number of guanidine groups is 1. The van der Waals surface area contributed by atoms with Gasteiger partial charge in [0.1, 0.15) is 25.9 Å². The van der Waals surface area contributed by atoms with Crippen LogP contribution in [-0.2, 0) is 37.0 Å². The molecule has 5 rings (SSSR count). The van der Waals surface area contributed by atoms with Gasteiger partial charge in [-0.2, -0.15) is 0 Å². The Labute approximate surface area is 282 Å². The van der Waals surface area contributed by atoms with E-state index in [2.05, 4.69) is 15.6 Å². The molecule has 0 radical (unpaired) electrons. The van der Waals surface area contributed by atoms with Gasteiger partial charge in [-0.1, -0.05) is 109 Å². The Morgan fingerprint density at radius 1 is 0.694 bits per heavy atom. The maximum Gasteiger partial charge on any atom is 0.414 e. The summed E-state index contributed by atoms with van der Waals surface area (Å²) in [5.41, 5.74) is 11.5. The first-order valence-electron chi connectivity index (χ1n) is 15.6. The van der Waals surface area contributed by atoms with Gasteiger partial charge < -0.3 is 30.4 Å². The van der Waals surface area contributed by atoms with E-state index in [4.69, 9.17) is 19.9 Å². The number of nitrogens with zero attached hydrogens (tertiary/aromatic N) is 1. The van der Waals surface area contributed by atoms with Crippen molar-refractivity contribution in [3.05, 3.63) is 131 Å². The minimum Gasteiger partial charge on any atom is -0.480 e. The van der Waals surface area contributed by atoms with E-state index >= 15 is 0 Å². The van der Waals surface area contributed by atoms with E-state index < -0.39 is 42.2 Å². The molecule has 12 heteroatoms. The van der Waals surface area contributed by atoms with Crippen LogP contribution in [0.1, 0.15) is 41.0 Å². The lowest BCUT2D eigenvalue weighted by Crippen LogP contribution is -2.43. The van der Waals surface area contributed by atoms with Crippen molar-refractivity contribution in [2.45, 2.75) is 44.1 Å². The van der Waals surface area contributed by atoms with Crippen molar-refractivity contribution >= 4 is 30.1 Å². The summed E-state index contributed by atoms with van der Waals surface area (Å²) < 4.78 is 16.1. The van der Waals surface area contributed by atoms with Crippen LogP contribution in [0.25, 0.3) is 11.1 Å². The molecule has 0 fully saturated rings. The number of nitrogens with two attached hydrogens (primary N) is 1. The Bertz CT molecular complexity index is 1750. The molecule has 49 heavy (non-hydrogen) atoms. The van der Waals surface area contributed by atoms with Crippen molar-refractivity contribution in [2.75, 3.05) is 6.61 Å². The van der Waals surface area contributed by atoms with Crippen molar-refractivity contribution < 1.29 is 38.5 Å². The summed E-state index contributed by atoms with van der Waals surface area (Å²) in [6.45, 7) is -0.101. The van der Waals surface area contributed by atoms with E-state index in [0.29, 0.717) is 0 Å². The minimum absolute atomic E-state index is 0.00644. The van der Waals surface area contributed by atoms with Gasteiger partial charge in [-0.25, -0.2) is 24.2 Å². The Morgan fingerprint density at radius 2 is 1.22 bits per heavy atom. The van der Waals surface area contributed by atoms with Crippen LogP contribution in [0.2, 0.25) is 0 Å². The van der Waals surface area contributed by atoms with Gasteiger partial charge in [-0.15, -0.1) is 0 Å². The van der Waals surface area contributed by atoms with Crippen molar-refractivity contribution in [3.63, 3.8) is 0 Å². The number of benzene rings is 4. The number of carboxylic acids is 1. The van der Waals surface area contributed by atoms with Crippen molar-refractivity contribution in [3.8, 4) is 11.1 Å². The van der Waals surface area contributed by atoms with Crippen LogP contribution in [0.3, 0.4) is 0 Å². The van der Waals surface area contributed by atoms with Gasteiger partial charge in [0.2, 0.25) is 0 Å². The minimum atomic E-state index is -1.43. The molecule has 0 aliphatic heterocycles. The first-order chi connectivity index (χ1) is 23.8. The molecule has 0 heterocycles. The molecule has 12 nitrogen and oxygen atoms in total. The van der Waals surface area contributed by atoms with Crippen molar-refractivity contribution in [1.29, 1.82) is 0 Å². The molecule has 4 aromatic carbocycles. The molecule has 2 amide bonds. The van der Waals surface area contributed by atoms with Crippen LogP contribution in [0.15, 0.2) is 114 Å². The molecule has 0 saturated heterocycles. The first-order valence-corrected chi connectivity index (χ1v) is 15.6. The molecule has 1 aliphatic rings. The molecule has 5 N–H and O–H groups in total. The second-order valence-corrected chi connectivity index (χ2v) is 11.2. The highest BCUT2D eigenvalue weighted by Gasteiger charge is 2.30. The number of rotatable bonds is 13. The fourth-order valence-corrected chi connectivity index (χ4v) is 5.49. The van der Waals surface area contributed by atoms with Crippen LogP contribution >= 0.6 is 0 Å². The van der Waals surface area contributed by atoms with E-state index in [0.717, 1.165) is 33.4 Å². The molecule has 1 aliphatic carbocycles. The smallest absolute Gasteiger partial charge is 0.414 e. The van der Waals surface area contributed by atoms with Crippen LogP contribution < -0.4 is 16.4 Å². The molecule has 4 aromatic rings. The summed E-state index contributed by atoms with van der Waals surface area (Å²) >= 11 is 0. The average Bonchev–Trinajstić information content (AvgIpc) is 3.44. The zero-order valence-electron chi connectivity index (χ0n) is 26.5. The zero-order chi connectivity index (χ0) is 34.6. The topological polar surface area (TPSA) is 179 Å². The number of aliphatic carboxylic acids is 1. The van der Waals surface area contributed by atoms with E-state index in [9.17, 15) is 24.3 Å². The number of nitrogens with one attached hydrogen (secondary N) is 2. The van der Waals surface area contributed by atoms with Gasteiger partial charge in [0.15, 0.2) is 12.0 Å². The third kappa shape index (κ3) is 9.44. The average molecular weight is 665 g/mol. The van der Waals surface area contributed by atoms with Crippen LogP contribution in [0.5, 0.6) is 0 Å². The largest absolute Gasteiger partial charge is 0.480 e. The Balaban J connectivity index is 1.20. The number of carbonyl (C=O) groups excluding carboxylic acids is 3. The molecule has 252 valence electrons. The SMILES string of the molecule is NC(=NC(CC[C@@H](NC(=O)OCC1c2ccccc2-c2ccccc21)C(=O)O)C(=O)OCc1ccccc1)NC(=O)OCc1ccccc1. The molecular formula is C37H36N4O8. The van der Waals surface area contributed by atoms with Gasteiger partial charge in [0.05, 0.1) is 0 Å². The number of carboxylic acid groups (broad SMARTS) is 1. The van der Waals surface area contributed by atoms with Crippen molar-refractivity contribution in [1.82, 2.24) is 10.6 Å². The maximum absolute atomic E-state index is 13.1. The molecule has 0 aromatic heterocycles. The molecule has 1 unspecified atom stereocenters. The van der Waals surface area contributed by atoms with Gasteiger partial charge >= 0.3 is 24.1 Å². The van der Waals surface area contributed by atoms with E-state index in [1.165, 1.54) is 0 Å². The lowest BCUT2D eigenvalue weighted by molar-refractivity contribution is -0.147. The monoisotopic (exact) mass is 664 g/mol. The van der Waals surface area contributed by atoms with E-state index in [-0.39, 0.29) is 38.6 Å². The van der Waals surface area contributed by atoms with Gasteiger partial charge in [-0.05, 0) is 46.2 Å². The highest BCUT2D eigenvalue weighted by atomic mass is 16.6. The maximum atomic E-state index is 13.1. The highest BCUT2D eigenvalue weighted by Crippen LogP contribution is 2.44. The number of carbonyl (C=O) groups is 4. The van der Waals surface area contributed by atoms with Crippen LogP contribution in [-0.4, -0.2) is 53.9 Å². The summed E-state index contributed by atoms with van der Waals surface area (Å²) in [5, 5.41) is 14.5. The third-order valence-electron chi connectivity index (χ3n) is 7.90. The number of hydrogen-bond donors (Lipinski definition) is 4. The molecule has 0 bridgehead atoms. The van der Waals surface area contributed by atoms with Crippen molar-refractivity contribution in [2.24, 2.45) is 10.7 Å². The predicted molar refractivity (Wildman–Crippen MR) is 180 cm³/mol. The summed E-state index contributed by atoms with van der Waals surface area (Å²) in [6.07, 6.45) is -2.26. The van der Waals surface area contributed by atoms with Crippen LogP contribution in [0.4, 0.5) is 9.59 Å². The molecular weight excluding hydrogens is 628 g/mol. The number of fused-ring (bicyclic) bond motifs is 3. The highest BCUT2D eigenvalue weighted by molar-refractivity contribution is 5.94. The summed E-state index contributed by atoms with van der Waals surface area (Å²) in [5.74, 6) is -2.80. The van der Waals surface area contributed by atoms with Gasteiger partial charge in [0.25, 0.3) is 0 Å². The number of aliphatic imine (C=N–C) groups is 1. The van der Waals surface area contributed by atoms with Gasteiger partial charge in [0, 0.05) is 5.92 Å². The molecule has 0 spiro atoms. The quantitative estimate of drug-likeness (QED) is 0.0654. The number of amides is 2. The number of alkyl carbamates (subject to hydrolysis) is 2. The summed E-state index contributed by atoms with van der Waals surface area (Å²) in [7, 11) is 0. The third-order valence-corrected chi connectivity index (χ3v) is 7.90. The Kier molecular flexibility index (Phi) is 11.6. The van der Waals surface area contributed by atoms with E-state index in [1.807, 2.05) is 60.7 Å². The second kappa shape index (κ2) is 16.6. The summed E-state index contributed by atoms with van der Waals surface area (Å²) in [6, 6.07) is 30.8. The number of hydrogen-bond acceptors (Lipinski definition) is 8. The van der Waals surface area contributed by atoms with E-state index in [1.54, 1.807) is 48.5 Å². The fourth-order valence-electron chi connectivity index (χ4n) is 5.49. The van der Waals surface area contributed by atoms with Gasteiger partial charge in [-0.3, -0.25) is 5.32 Å². The predicted octanol–water partition coefficient (Wildman–Crippen LogP) is 5.11. The fraction of sp³-hybridized carbons (Fsp3) is 0.216.